The highest BCUT2D eigenvalue weighted by Crippen LogP contribution is 2.25. The molecule has 2 amide bonds. The number of carbonyl (C=O) groups excluding carboxylic acids is 2. The van der Waals surface area contributed by atoms with E-state index in [1.807, 2.05) is 6.92 Å². The van der Waals surface area contributed by atoms with Crippen LogP contribution in [-0.4, -0.2) is 27.0 Å². The summed E-state index contributed by atoms with van der Waals surface area (Å²) in [4.78, 5) is 31.6. The maximum atomic E-state index is 12.4. The Kier molecular flexibility index (Phi) is 5.59. The molecule has 0 radical (unpaired) electrons. The molecule has 0 aliphatic rings. The van der Waals surface area contributed by atoms with E-state index in [0.717, 1.165) is 0 Å². The standard InChI is InChI=1S/C15H18N6O2S/c1-2-10(24-15-20-11(16)7-12(17)21-15)14(23)19-9-5-3-8(4-6-9)13(18)22/h3-7,10H,2H2,1H3,(H2,18,22)(H,19,23)(H4,16,17,20,21). The third-order valence-corrected chi connectivity index (χ3v) is 4.32. The molecule has 126 valence electrons. The van der Waals surface area contributed by atoms with E-state index in [2.05, 4.69) is 15.3 Å². The Balaban J connectivity index is 2.06. The predicted molar refractivity (Wildman–Crippen MR) is 94.4 cm³/mol. The summed E-state index contributed by atoms with van der Waals surface area (Å²) in [5.74, 6) is -0.227. The average molecular weight is 346 g/mol. The van der Waals surface area contributed by atoms with Crippen LogP contribution >= 0.6 is 11.8 Å². The lowest BCUT2D eigenvalue weighted by Crippen LogP contribution is -2.25. The van der Waals surface area contributed by atoms with E-state index in [1.165, 1.54) is 17.8 Å². The number of nitrogens with two attached hydrogens (primary N) is 3. The Morgan fingerprint density at radius 1 is 1.17 bits per heavy atom. The number of primary amides is 1. The minimum atomic E-state index is -0.522. The second-order valence-electron chi connectivity index (χ2n) is 4.95. The van der Waals surface area contributed by atoms with Crippen molar-refractivity contribution in [1.29, 1.82) is 0 Å². The first-order valence-electron chi connectivity index (χ1n) is 7.16. The van der Waals surface area contributed by atoms with Crippen molar-refractivity contribution < 1.29 is 9.59 Å². The van der Waals surface area contributed by atoms with Gasteiger partial charge in [-0.3, -0.25) is 9.59 Å². The molecule has 1 unspecified atom stereocenters. The summed E-state index contributed by atoms with van der Waals surface area (Å²) < 4.78 is 0. The SMILES string of the molecule is CCC(Sc1nc(N)cc(N)n1)C(=O)Nc1ccc(C(N)=O)cc1. The zero-order chi connectivity index (χ0) is 17.7. The molecule has 0 fully saturated rings. The molecule has 0 aliphatic carbocycles. The third kappa shape index (κ3) is 4.59. The molecule has 9 heteroatoms. The molecule has 7 N–H and O–H groups in total. The first kappa shape index (κ1) is 17.5. The molecule has 0 bridgehead atoms. The van der Waals surface area contributed by atoms with Gasteiger partial charge in [0.15, 0.2) is 5.16 Å². The summed E-state index contributed by atoms with van der Waals surface area (Å²) in [6.07, 6.45) is 0.563. The Bertz CT molecular complexity index is 730. The first-order chi connectivity index (χ1) is 11.4. The monoisotopic (exact) mass is 346 g/mol. The number of nitrogen functional groups attached to an aromatic ring is 2. The molecule has 0 spiro atoms. The highest BCUT2D eigenvalue weighted by atomic mass is 32.2. The van der Waals surface area contributed by atoms with E-state index in [-0.39, 0.29) is 17.5 Å². The largest absolute Gasteiger partial charge is 0.383 e. The number of hydrogen-bond acceptors (Lipinski definition) is 7. The minimum Gasteiger partial charge on any atom is -0.383 e. The number of benzene rings is 1. The fourth-order valence-electron chi connectivity index (χ4n) is 1.90. The fourth-order valence-corrected chi connectivity index (χ4v) is 2.81. The van der Waals surface area contributed by atoms with Gasteiger partial charge in [-0.25, -0.2) is 9.97 Å². The van der Waals surface area contributed by atoms with Gasteiger partial charge in [-0.05, 0) is 30.7 Å². The van der Waals surface area contributed by atoms with E-state index >= 15 is 0 Å². The summed E-state index contributed by atoms with van der Waals surface area (Å²) in [6.45, 7) is 1.88. The van der Waals surface area contributed by atoms with E-state index in [1.54, 1.807) is 24.3 Å². The number of hydrogen-bond donors (Lipinski definition) is 4. The molecule has 2 aromatic rings. The van der Waals surface area contributed by atoms with Gasteiger partial charge in [-0.15, -0.1) is 0 Å². The van der Waals surface area contributed by atoms with Crippen LogP contribution in [-0.2, 0) is 4.79 Å². The minimum absolute atomic E-state index is 0.209. The summed E-state index contributed by atoms with van der Waals surface area (Å²) in [7, 11) is 0. The topological polar surface area (TPSA) is 150 Å². The highest BCUT2D eigenvalue weighted by Gasteiger charge is 2.20. The smallest absolute Gasteiger partial charge is 0.248 e. The predicted octanol–water partition coefficient (Wildman–Crippen LogP) is 1.25. The van der Waals surface area contributed by atoms with Gasteiger partial charge in [0, 0.05) is 17.3 Å². The Hall–Kier alpha value is -2.81. The van der Waals surface area contributed by atoms with Crippen LogP contribution < -0.4 is 22.5 Å². The number of aromatic nitrogens is 2. The molecule has 2 rings (SSSR count). The Morgan fingerprint density at radius 2 is 1.75 bits per heavy atom. The van der Waals surface area contributed by atoms with Gasteiger partial charge in [0.05, 0.1) is 5.25 Å². The third-order valence-electron chi connectivity index (χ3n) is 3.09. The van der Waals surface area contributed by atoms with E-state index in [4.69, 9.17) is 17.2 Å². The van der Waals surface area contributed by atoms with Crippen LogP contribution in [0.2, 0.25) is 0 Å². The fraction of sp³-hybridized carbons (Fsp3) is 0.200. The zero-order valence-electron chi connectivity index (χ0n) is 13.0. The van der Waals surface area contributed by atoms with Crippen LogP contribution in [0.15, 0.2) is 35.5 Å². The quantitative estimate of drug-likeness (QED) is 0.454. The van der Waals surface area contributed by atoms with Gasteiger partial charge in [0.25, 0.3) is 0 Å². The molecule has 0 saturated carbocycles. The molecule has 0 saturated heterocycles. The summed E-state index contributed by atoms with van der Waals surface area (Å²) in [5.41, 5.74) is 17.4. The molecule has 1 aromatic heterocycles. The van der Waals surface area contributed by atoms with E-state index in [9.17, 15) is 9.59 Å². The van der Waals surface area contributed by atoms with Crippen LogP contribution in [0, 0.1) is 0 Å². The first-order valence-corrected chi connectivity index (χ1v) is 8.04. The summed E-state index contributed by atoms with van der Waals surface area (Å²) in [6, 6.07) is 7.78. The maximum Gasteiger partial charge on any atom is 0.248 e. The van der Waals surface area contributed by atoms with Crippen molar-refractivity contribution in [1.82, 2.24) is 9.97 Å². The molecule has 1 heterocycles. The molecule has 1 atom stereocenters. The van der Waals surface area contributed by atoms with Crippen LogP contribution in [0.5, 0.6) is 0 Å². The Morgan fingerprint density at radius 3 is 2.25 bits per heavy atom. The van der Waals surface area contributed by atoms with Gasteiger partial charge in [0.2, 0.25) is 11.8 Å². The van der Waals surface area contributed by atoms with Crippen LogP contribution in [0.4, 0.5) is 17.3 Å². The second-order valence-corrected chi connectivity index (χ2v) is 6.12. The molecule has 24 heavy (non-hydrogen) atoms. The highest BCUT2D eigenvalue weighted by molar-refractivity contribution is 8.00. The number of nitrogens with zero attached hydrogens (tertiary/aromatic N) is 2. The molecule has 8 nitrogen and oxygen atoms in total. The van der Waals surface area contributed by atoms with E-state index < -0.39 is 11.2 Å². The lowest BCUT2D eigenvalue weighted by atomic mass is 10.2. The van der Waals surface area contributed by atoms with Crippen molar-refractivity contribution >= 4 is 40.9 Å². The van der Waals surface area contributed by atoms with Crippen LogP contribution in [0.25, 0.3) is 0 Å². The van der Waals surface area contributed by atoms with Crippen molar-refractivity contribution in [2.75, 3.05) is 16.8 Å². The average Bonchev–Trinajstić information content (AvgIpc) is 2.52. The number of thioether (sulfide) groups is 1. The lowest BCUT2D eigenvalue weighted by molar-refractivity contribution is -0.115. The van der Waals surface area contributed by atoms with Crippen molar-refractivity contribution in [3.63, 3.8) is 0 Å². The number of anilines is 3. The van der Waals surface area contributed by atoms with Crippen LogP contribution in [0.1, 0.15) is 23.7 Å². The molecular weight excluding hydrogens is 328 g/mol. The summed E-state index contributed by atoms with van der Waals surface area (Å²) >= 11 is 1.18. The Labute approximate surface area is 143 Å². The maximum absolute atomic E-state index is 12.4. The number of nitrogens with one attached hydrogen (secondary N) is 1. The van der Waals surface area contributed by atoms with Gasteiger partial charge < -0.3 is 22.5 Å². The van der Waals surface area contributed by atoms with Crippen LogP contribution in [0.3, 0.4) is 0 Å². The van der Waals surface area contributed by atoms with Crippen molar-refractivity contribution in [2.45, 2.75) is 23.8 Å². The van der Waals surface area contributed by atoms with Gasteiger partial charge >= 0.3 is 0 Å². The normalized spacial score (nSPS) is 11.7. The van der Waals surface area contributed by atoms with Gasteiger partial charge in [0.1, 0.15) is 11.6 Å². The van der Waals surface area contributed by atoms with Crippen molar-refractivity contribution in [3.05, 3.63) is 35.9 Å². The number of amides is 2. The molecule has 0 aliphatic heterocycles. The van der Waals surface area contributed by atoms with Gasteiger partial charge in [-0.2, -0.15) is 0 Å². The molecular formula is C15H18N6O2S. The van der Waals surface area contributed by atoms with E-state index in [0.29, 0.717) is 22.8 Å². The molecule has 1 aromatic carbocycles. The summed E-state index contributed by atoms with van der Waals surface area (Å²) in [5, 5.41) is 2.71. The van der Waals surface area contributed by atoms with Crippen molar-refractivity contribution in [3.8, 4) is 0 Å². The van der Waals surface area contributed by atoms with Gasteiger partial charge in [-0.1, -0.05) is 18.7 Å². The van der Waals surface area contributed by atoms with Crippen molar-refractivity contribution in [2.24, 2.45) is 5.73 Å². The zero-order valence-corrected chi connectivity index (χ0v) is 13.8. The number of rotatable bonds is 6. The second kappa shape index (κ2) is 7.64. The lowest BCUT2D eigenvalue weighted by Gasteiger charge is -2.14. The number of carbonyl (C=O) groups is 2.